The zero-order valence-corrected chi connectivity index (χ0v) is 14.7. The van der Waals surface area contributed by atoms with Crippen molar-refractivity contribution in [2.75, 3.05) is 21.1 Å². The van der Waals surface area contributed by atoms with Crippen molar-refractivity contribution in [1.29, 1.82) is 0 Å². The lowest BCUT2D eigenvalue weighted by Gasteiger charge is -2.31. The molecule has 0 radical (unpaired) electrons. The van der Waals surface area contributed by atoms with E-state index in [4.69, 9.17) is 0 Å². The number of allylic oxidation sites excluding steroid dienone is 1. The Morgan fingerprint density at radius 1 is 1.09 bits per heavy atom. The molecule has 2 aliphatic rings. The van der Waals surface area contributed by atoms with Crippen LogP contribution in [0, 0.1) is 16.7 Å². The number of carbonyl (C=O) groups excluding carboxylic acids is 1. The van der Waals surface area contributed by atoms with Gasteiger partial charge in [0.1, 0.15) is 5.69 Å². The van der Waals surface area contributed by atoms with Crippen LogP contribution in [0.15, 0.2) is 29.8 Å². The van der Waals surface area contributed by atoms with Crippen molar-refractivity contribution >= 4 is 17.5 Å². The molecule has 1 aromatic carbocycles. The first-order valence-corrected chi connectivity index (χ1v) is 8.26. The number of hydrogen-bond acceptors (Lipinski definition) is 1. The van der Waals surface area contributed by atoms with Crippen LogP contribution < -0.4 is 4.48 Å². The molecule has 2 atom stereocenters. The summed E-state index contributed by atoms with van der Waals surface area (Å²) in [6.07, 6.45) is 4.33. The highest BCUT2D eigenvalue weighted by atomic mass is 16.1. The average molecular weight is 298 g/mol. The molecule has 0 N–H and O–H groups in total. The molecule has 22 heavy (non-hydrogen) atoms. The van der Waals surface area contributed by atoms with Gasteiger partial charge in [0.25, 0.3) is 0 Å². The summed E-state index contributed by atoms with van der Waals surface area (Å²) in [5.41, 5.74) is 3.40. The average Bonchev–Trinajstić information content (AvgIpc) is 2.73. The molecule has 2 heteroatoms. The van der Waals surface area contributed by atoms with Gasteiger partial charge in [-0.05, 0) is 65.7 Å². The molecule has 1 aromatic rings. The molecule has 2 fully saturated rings. The van der Waals surface area contributed by atoms with Crippen molar-refractivity contribution in [1.82, 2.24) is 4.48 Å². The molecular formula is C20H28NO+. The number of quaternary nitrogens is 1. The highest BCUT2D eigenvalue weighted by Crippen LogP contribution is 2.65. The van der Waals surface area contributed by atoms with Gasteiger partial charge in [-0.25, -0.2) is 0 Å². The van der Waals surface area contributed by atoms with Gasteiger partial charge in [-0.15, -0.1) is 0 Å². The van der Waals surface area contributed by atoms with Crippen molar-refractivity contribution < 1.29 is 4.79 Å². The first kappa shape index (κ1) is 15.5. The molecule has 0 unspecified atom stereocenters. The van der Waals surface area contributed by atoms with Crippen molar-refractivity contribution in [3.05, 3.63) is 35.4 Å². The van der Waals surface area contributed by atoms with Crippen LogP contribution in [-0.4, -0.2) is 26.9 Å². The number of hydrogen-bond donors (Lipinski definition) is 0. The molecule has 0 aromatic heterocycles. The Balaban J connectivity index is 1.96. The Morgan fingerprint density at radius 2 is 1.68 bits per heavy atom. The van der Waals surface area contributed by atoms with E-state index in [0.29, 0.717) is 11.7 Å². The second kappa shape index (κ2) is 4.55. The van der Waals surface area contributed by atoms with Gasteiger partial charge in [-0.2, -0.15) is 0 Å². The predicted molar refractivity (Wildman–Crippen MR) is 93.6 cm³/mol. The van der Waals surface area contributed by atoms with E-state index in [-0.39, 0.29) is 10.8 Å². The SMILES string of the molecule is CC1(C)[C@H]2CC[C@@]1(C)C(=O)/C2=C\c1ccc([N+](C)(C)C)cc1. The summed E-state index contributed by atoms with van der Waals surface area (Å²) in [6.45, 7) is 6.70. The predicted octanol–water partition coefficient (Wildman–Crippen LogP) is 4.29. The quantitative estimate of drug-likeness (QED) is 0.588. The molecule has 118 valence electrons. The second-order valence-corrected chi connectivity index (χ2v) is 8.68. The van der Waals surface area contributed by atoms with E-state index in [9.17, 15) is 4.79 Å². The molecule has 0 saturated heterocycles. The Kier molecular flexibility index (Phi) is 3.20. The number of benzene rings is 1. The highest BCUT2D eigenvalue weighted by Gasteiger charge is 2.63. The summed E-state index contributed by atoms with van der Waals surface area (Å²) in [5, 5.41) is 0. The fraction of sp³-hybridized carbons (Fsp3) is 0.550. The first-order valence-electron chi connectivity index (χ1n) is 8.26. The van der Waals surface area contributed by atoms with E-state index < -0.39 is 0 Å². The van der Waals surface area contributed by atoms with Gasteiger partial charge in [0.15, 0.2) is 5.78 Å². The third kappa shape index (κ3) is 2.00. The molecule has 2 saturated carbocycles. The van der Waals surface area contributed by atoms with Crippen molar-refractivity contribution in [2.45, 2.75) is 33.6 Å². The third-order valence-corrected chi connectivity index (χ3v) is 6.35. The van der Waals surface area contributed by atoms with Gasteiger partial charge in [0.05, 0.1) is 21.1 Å². The number of ketones is 1. The lowest BCUT2D eigenvalue weighted by atomic mass is 9.70. The van der Waals surface area contributed by atoms with E-state index in [2.05, 4.69) is 72.3 Å². The summed E-state index contributed by atoms with van der Waals surface area (Å²) in [6, 6.07) is 8.61. The maximum Gasteiger partial charge on any atom is 0.165 e. The lowest BCUT2D eigenvalue weighted by Crippen LogP contribution is -2.34. The smallest absolute Gasteiger partial charge is 0.165 e. The van der Waals surface area contributed by atoms with Crippen LogP contribution in [0.25, 0.3) is 6.08 Å². The fourth-order valence-corrected chi connectivity index (χ4v) is 4.29. The maximum atomic E-state index is 12.9. The number of Topliss-reactive ketones (excluding diaryl/α,β-unsaturated/α-hetero) is 1. The monoisotopic (exact) mass is 298 g/mol. The van der Waals surface area contributed by atoms with E-state index in [0.717, 1.165) is 28.5 Å². The van der Waals surface area contributed by atoms with Crippen LogP contribution >= 0.6 is 0 Å². The zero-order valence-electron chi connectivity index (χ0n) is 14.7. The summed E-state index contributed by atoms with van der Waals surface area (Å²) >= 11 is 0. The number of nitrogens with zero attached hydrogens (tertiary/aromatic N) is 1. The minimum atomic E-state index is -0.161. The molecule has 2 bridgehead atoms. The Hall–Kier alpha value is -1.41. The zero-order chi connectivity index (χ0) is 16.3. The molecule has 0 heterocycles. The minimum absolute atomic E-state index is 0.0954. The minimum Gasteiger partial charge on any atom is -0.298 e. The van der Waals surface area contributed by atoms with Gasteiger partial charge < -0.3 is 0 Å². The third-order valence-electron chi connectivity index (χ3n) is 6.35. The number of rotatable bonds is 2. The van der Waals surface area contributed by atoms with Gasteiger partial charge in [0, 0.05) is 5.41 Å². The molecular weight excluding hydrogens is 270 g/mol. The molecule has 2 nitrogen and oxygen atoms in total. The van der Waals surface area contributed by atoms with Gasteiger partial charge >= 0.3 is 0 Å². The van der Waals surface area contributed by atoms with Crippen LogP contribution in [0.1, 0.15) is 39.2 Å². The van der Waals surface area contributed by atoms with Crippen LogP contribution in [-0.2, 0) is 4.79 Å². The van der Waals surface area contributed by atoms with Gasteiger partial charge in [-0.1, -0.05) is 20.8 Å². The highest BCUT2D eigenvalue weighted by molar-refractivity contribution is 6.07. The molecule has 0 spiro atoms. The van der Waals surface area contributed by atoms with Gasteiger partial charge in [-0.3, -0.25) is 9.28 Å². The molecule has 0 amide bonds. The van der Waals surface area contributed by atoms with Crippen LogP contribution in [0.4, 0.5) is 5.69 Å². The van der Waals surface area contributed by atoms with E-state index in [1.807, 2.05) is 0 Å². The maximum absolute atomic E-state index is 12.9. The topological polar surface area (TPSA) is 17.1 Å². The van der Waals surface area contributed by atoms with E-state index in [1.165, 1.54) is 5.69 Å². The van der Waals surface area contributed by atoms with E-state index >= 15 is 0 Å². The molecule has 2 aliphatic carbocycles. The number of carbonyl (C=O) groups is 1. The Bertz CT molecular complexity index is 645. The largest absolute Gasteiger partial charge is 0.298 e. The van der Waals surface area contributed by atoms with Crippen molar-refractivity contribution in [3.63, 3.8) is 0 Å². The summed E-state index contributed by atoms with van der Waals surface area (Å²) in [7, 11) is 6.49. The standard InChI is InChI=1S/C20H28NO/c1-19(2)17-11-12-20(19,3)18(22)16(17)13-14-7-9-15(10-8-14)21(4,5)6/h7-10,13,17H,11-12H2,1-6H3/q+1/b16-13-/t17-,20-/m0/s1. The van der Waals surface area contributed by atoms with Crippen LogP contribution in [0.2, 0.25) is 0 Å². The van der Waals surface area contributed by atoms with Crippen molar-refractivity contribution in [2.24, 2.45) is 16.7 Å². The lowest BCUT2D eigenvalue weighted by molar-refractivity contribution is -0.125. The Morgan fingerprint density at radius 3 is 2.14 bits per heavy atom. The summed E-state index contributed by atoms with van der Waals surface area (Å²) in [4.78, 5) is 12.9. The normalized spacial score (nSPS) is 32.0. The number of fused-ring (bicyclic) bond motifs is 2. The second-order valence-electron chi connectivity index (χ2n) is 8.68. The summed E-state index contributed by atoms with van der Waals surface area (Å²) in [5.74, 6) is 0.799. The molecule has 3 rings (SSSR count). The van der Waals surface area contributed by atoms with Crippen LogP contribution in [0.3, 0.4) is 0 Å². The first-order chi connectivity index (χ1) is 10.1. The van der Waals surface area contributed by atoms with Gasteiger partial charge in [0.2, 0.25) is 0 Å². The van der Waals surface area contributed by atoms with Crippen molar-refractivity contribution in [3.8, 4) is 0 Å². The van der Waals surface area contributed by atoms with E-state index in [1.54, 1.807) is 0 Å². The summed E-state index contributed by atoms with van der Waals surface area (Å²) < 4.78 is 0.809. The van der Waals surface area contributed by atoms with Crippen LogP contribution in [0.5, 0.6) is 0 Å². The molecule has 0 aliphatic heterocycles. The fourth-order valence-electron chi connectivity index (χ4n) is 4.29. The Labute approximate surface area is 134 Å².